The van der Waals surface area contributed by atoms with Crippen molar-refractivity contribution in [1.82, 2.24) is 15.2 Å². The first-order valence-corrected chi connectivity index (χ1v) is 14.2. The molecule has 42 heavy (non-hydrogen) atoms. The summed E-state index contributed by atoms with van der Waals surface area (Å²) in [6, 6.07) is 22.3. The number of hydrogen-bond acceptors (Lipinski definition) is 8. The van der Waals surface area contributed by atoms with E-state index >= 15 is 0 Å². The van der Waals surface area contributed by atoms with Crippen LogP contribution in [-0.2, 0) is 6.54 Å². The second-order valence-electron chi connectivity index (χ2n) is 10.2. The Balaban J connectivity index is 0.00000368. The molecule has 2 N–H and O–H groups in total. The molecule has 4 aromatic carbocycles. The Labute approximate surface area is 250 Å². The van der Waals surface area contributed by atoms with Crippen LogP contribution in [0.4, 0.5) is 0 Å². The van der Waals surface area contributed by atoms with Gasteiger partial charge in [-0.1, -0.05) is 41.9 Å². The van der Waals surface area contributed by atoms with Crippen LogP contribution in [0.3, 0.4) is 0 Å². The highest BCUT2D eigenvalue weighted by Gasteiger charge is 2.19. The maximum atomic E-state index is 12.4. The van der Waals surface area contributed by atoms with E-state index < -0.39 is 5.91 Å². The highest BCUT2D eigenvalue weighted by Crippen LogP contribution is 2.33. The predicted octanol–water partition coefficient (Wildman–Crippen LogP) is 5.13. The van der Waals surface area contributed by atoms with Crippen molar-refractivity contribution in [3.8, 4) is 23.0 Å². The Morgan fingerprint density at radius 1 is 0.976 bits per heavy atom. The number of phenols is 1. The third-order valence-corrected chi connectivity index (χ3v) is 7.77. The van der Waals surface area contributed by atoms with Crippen molar-refractivity contribution < 1.29 is 25.5 Å². The largest absolute Gasteiger partial charge is 0.506 e. The quantitative estimate of drug-likeness (QED) is 0.207. The molecule has 2 aliphatic heterocycles. The van der Waals surface area contributed by atoms with Crippen molar-refractivity contribution in [3.63, 3.8) is 0 Å². The monoisotopic (exact) mass is 588 g/mol. The molecule has 0 aromatic heterocycles. The molecule has 0 aliphatic carbocycles. The number of rotatable bonds is 9. The number of halogens is 1. The normalized spacial score (nSPS) is 15.4. The van der Waals surface area contributed by atoms with Crippen molar-refractivity contribution in [2.24, 2.45) is 5.10 Å². The third-order valence-electron chi connectivity index (χ3n) is 7.47. The Hall–Kier alpha value is -4.31. The number of hydrogen-bond donors (Lipinski definition) is 2. The van der Waals surface area contributed by atoms with Gasteiger partial charge in [0, 0.05) is 57.2 Å². The van der Waals surface area contributed by atoms with Crippen molar-refractivity contribution in [2.75, 3.05) is 46.1 Å². The van der Waals surface area contributed by atoms with Gasteiger partial charge < -0.3 is 19.3 Å². The molecule has 2 heterocycles. The predicted molar refractivity (Wildman–Crippen MR) is 164 cm³/mol. The standard InChI is InChI=1S/C32H31ClN4O5.H2/c33-27-18-23(6-8-28(27)38)32(39)35-34-19-24-7-10-29(26-4-2-1-3-25(24)26)40-16-15-36-11-13-37(14-12-36)20-22-5-9-30-31(17-22)42-21-41-30;/h1-10,17-19,38H,11-16,20-21H2,(H,35,39);1H/b34-19+;. The fourth-order valence-electron chi connectivity index (χ4n) is 5.16. The van der Waals surface area contributed by atoms with Crippen LogP contribution in [0.1, 0.15) is 22.9 Å². The smallest absolute Gasteiger partial charge is 0.271 e. The van der Waals surface area contributed by atoms with Gasteiger partial charge in [-0.25, -0.2) is 5.43 Å². The van der Waals surface area contributed by atoms with Crippen LogP contribution in [-0.4, -0.2) is 73.2 Å². The summed E-state index contributed by atoms with van der Waals surface area (Å²) in [5, 5.41) is 15.7. The van der Waals surface area contributed by atoms with Crippen LogP contribution in [0, 0.1) is 0 Å². The molecule has 0 spiro atoms. The van der Waals surface area contributed by atoms with Crippen molar-refractivity contribution >= 4 is 34.5 Å². The van der Waals surface area contributed by atoms with Gasteiger partial charge in [-0.15, -0.1) is 0 Å². The highest BCUT2D eigenvalue weighted by atomic mass is 35.5. The first kappa shape index (κ1) is 27.8. The molecule has 6 rings (SSSR count). The number of aromatic hydroxyl groups is 1. The molecule has 0 unspecified atom stereocenters. The van der Waals surface area contributed by atoms with E-state index in [0.29, 0.717) is 19.0 Å². The van der Waals surface area contributed by atoms with Gasteiger partial charge in [0.05, 0.1) is 11.2 Å². The van der Waals surface area contributed by atoms with E-state index in [9.17, 15) is 9.90 Å². The van der Waals surface area contributed by atoms with Crippen LogP contribution in [0.15, 0.2) is 77.9 Å². The lowest BCUT2D eigenvalue weighted by Crippen LogP contribution is -2.47. The van der Waals surface area contributed by atoms with Crippen LogP contribution in [0.2, 0.25) is 5.02 Å². The SMILES string of the molecule is O=C(N/N=C/c1ccc(OCCN2CCN(Cc3ccc4c(c3)OCO4)CC2)c2ccccc12)c1ccc(O)c(Cl)c1.[HH]. The second-order valence-corrected chi connectivity index (χ2v) is 10.6. The molecule has 0 radical (unpaired) electrons. The van der Waals surface area contributed by atoms with Gasteiger partial charge in [-0.05, 0) is 53.4 Å². The highest BCUT2D eigenvalue weighted by molar-refractivity contribution is 6.32. The van der Waals surface area contributed by atoms with Crippen molar-refractivity contribution in [2.45, 2.75) is 6.54 Å². The van der Waals surface area contributed by atoms with Gasteiger partial charge >= 0.3 is 0 Å². The molecular formula is C32H33ClN4O5. The van der Waals surface area contributed by atoms with E-state index in [4.69, 9.17) is 25.8 Å². The van der Waals surface area contributed by atoms with Crippen LogP contribution >= 0.6 is 11.6 Å². The number of carbonyl (C=O) groups is 1. The van der Waals surface area contributed by atoms with E-state index in [-0.39, 0.29) is 12.2 Å². The number of piperazine rings is 1. The summed E-state index contributed by atoms with van der Waals surface area (Å²) in [5.74, 6) is 1.96. The van der Waals surface area contributed by atoms with Crippen LogP contribution < -0.4 is 19.6 Å². The number of ether oxygens (including phenoxy) is 3. The zero-order valence-electron chi connectivity index (χ0n) is 23.0. The van der Waals surface area contributed by atoms with Gasteiger partial charge in [0.25, 0.3) is 5.91 Å². The van der Waals surface area contributed by atoms with E-state index in [0.717, 1.165) is 72.9 Å². The summed E-state index contributed by atoms with van der Waals surface area (Å²) in [6.45, 7) is 6.62. The Morgan fingerprint density at radius 3 is 2.60 bits per heavy atom. The van der Waals surface area contributed by atoms with Gasteiger partial charge in [0.15, 0.2) is 11.5 Å². The number of amides is 1. The minimum Gasteiger partial charge on any atom is -0.506 e. The van der Waals surface area contributed by atoms with Gasteiger partial charge in [0.2, 0.25) is 6.79 Å². The van der Waals surface area contributed by atoms with E-state index in [1.807, 2.05) is 42.5 Å². The summed E-state index contributed by atoms with van der Waals surface area (Å²) in [6.07, 6.45) is 1.61. The lowest BCUT2D eigenvalue weighted by molar-refractivity contribution is 0.0955. The molecule has 2 aliphatic rings. The maximum Gasteiger partial charge on any atom is 0.271 e. The number of hydrazone groups is 1. The number of phenolic OH excluding ortho intramolecular Hbond substituents is 1. The van der Waals surface area contributed by atoms with E-state index in [2.05, 4.69) is 32.5 Å². The number of carbonyl (C=O) groups excluding carboxylic acids is 1. The molecule has 0 atom stereocenters. The summed E-state index contributed by atoms with van der Waals surface area (Å²) < 4.78 is 17.2. The number of nitrogens with one attached hydrogen (secondary N) is 1. The molecule has 1 amide bonds. The molecule has 1 saturated heterocycles. The Bertz CT molecular complexity index is 1630. The number of benzene rings is 4. The second kappa shape index (κ2) is 12.7. The summed E-state index contributed by atoms with van der Waals surface area (Å²) in [4.78, 5) is 17.3. The average molecular weight is 589 g/mol. The lowest BCUT2D eigenvalue weighted by Gasteiger charge is -2.34. The Morgan fingerprint density at radius 2 is 1.76 bits per heavy atom. The fraction of sp³-hybridized carbons (Fsp3) is 0.250. The molecule has 0 saturated carbocycles. The van der Waals surface area contributed by atoms with Crippen molar-refractivity contribution in [3.05, 3.63) is 94.5 Å². The zero-order chi connectivity index (χ0) is 28.9. The van der Waals surface area contributed by atoms with Gasteiger partial charge in [-0.2, -0.15) is 5.10 Å². The summed E-state index contributed by atoms with van der Waals surface area (Å²) >= 11 is 5.90. The van der Waals surface area contributed by atoms with Gasteiger partial charge in [0.1, 0.15) is 18.1 Å². The first-order valence-electron chi connectivity index (χ1n) is 13.8. The Kier molecular flexibility index (Phi) is 8.41. The summed E-state index contributed by atoms with van der Waals surface area (Å²) in [5.41, 5.74) is 4.90. The van der Waals surface area contributed by atoms with Crippen molar-refractivity contribution in [1.29, 1.82) is 0 Å². The number of nitrogens with zero attached hydrogens (tertiary/aromatic N) is 3. The minimum atomic E-state index is -0.425. The molecule has 1 fully saturated rings. The molecule has 10 heteroatoms. The molecule has 9 nitrogen and oxygen atoms in total. The zero-order valence-corrected chi connectivity index (χ0v) is 23.7. The topological polar surface area (TPSA) is 95.9 Å². The van der Waals surface area contributed by atoms with E-state index in [1.54, 1.807) is 6.21 Å². The fourth-order valence-corrected chi connectivity index (χ4v) is 5.34. The van der Waals surface area contributed by atoms with Gasteiger partial charge in [-0.3, -0.25) is 14.6 Å². The van der Waals surface area contributed by atoms with Crippen LogP contribution in [0.25, 0.3) is 10.8 Å². The molecule has 218 valence electrons. The maximum absolute atomic E-state index is 12.4. The lowest BCUT2D eigenvalue weighted by atomic mass is 10.0. The number of fused-ring (bicyclic) bond motifs is 2. The average Bonchev–Trinajstić information content (AvgIpc) is 3.48. The minimum absolute atomic E-state index is 0. The molecule has 0 bridgehead atoms. The summed E-state index contributed by atoms with van der Waals surface area (Å²) in [7, 11) is 0. The molecule has 4 aromatic rings. The third kappa shape index (κ3) is 6.44. The van der Waals surface area contributed by atoms with Crippen LogP contribution in [0.5, 0.6) is 23.0 Å². The molecular weight excluding hydrogens is 556 g/mol. The van der Waals surface area contributed by atoms with E-state index in [1.165, 1.54) is 23.8 Å². The first-order chi connectivity index (χ1) is 20.5.